The van der Waals surface area contributed by atoms with Crippen LogP contribution in [-0.2, 0) is 29.6 Å². The van der Waals surface area contributed by atoms with Crippen LogP contribution in [0.2, 0.25) is 0 Å². The summed E-state index contributed by atoms with van der Waals surface area (Å²) in [5.41, 5.74) is 4.29. The largest absolute Gasteiger partial charge is 0.389 e. The summed E-state index contributed by atoms with van der Waals surface area (Å²) in [6.45, 7) is 1.02. The number of β-amino-alcohol motifs (C(OH)–C–C–N with tert-alkyl or cyclic N) is 1. The molecule has 0 spiro atoms. The molecular formula is C23H32N4O2. The number of nitrogens with one attached hydrogen (secondary N) is 1. The minimum atomic E-state index is -0.629. The average molecular weight is 397 g/mol. The van der Waals surface area contributed by atoms with Crippen LogP contribution in [0.4, 0.5) is 0 Å². The van der Waals surface area contributed by atoms with Crippen molar-refractivity contribution in [1.82, 2.24) is 20.0 Å². The van der Waals surface area contributed by atoms with Crippen LogP contribution in [0, 0.1) is 0 Å². The molecule has 0 radical (unpaired) electrons. The minimum absolute atomic E-state index is 0.108. The number of hydrogen-bond acceptors (Lipinski definition) is 4. The number of carbonyl (C=O) groups excluding carboxylic acids is 1. The summed E-state index contributed by atoms with van der Waals surface area (Å²) in [7, 11) is 4.02. The third kappa shape index (κ3) is 3.71. The number of carbonyl (C=O) groups is 1. The predicted octanol–water partition coefficient (Wildman–Crippen LogP) is 2.27. The molecule has 2 aliphatic rings. The molecule has 2 aromatic rings. The zero-order valence-corrected chi connectivity index (χ0v) is 17.5. The first-order valence-electron chi connectivity index (χ1n) is 10.8. The first-order valence-corrected chi connectivity index (χ1v) is 10.8. The molecule has 156 valence electrons. The van der Waals surface area contributed by atoms with Crippen molar-refractivity contribution < 1.29 is 9.90 Å². The number of fused-ring (bicyclic) bond motifs is 1. The zero-order valence-electron chi connectivity index (χ0n) is 17.5. The van der Waals surface area contributed by atoms with Gasteiger partial charge in [0.1, 0.15) is 0 Å². The molecule has 1 fully saturated rings. The Morgan fingerprint density at radius 3 is 2.76 bits per heavy atom. The van der Waals surface area contributed by atoms with Gasteiger partial charge in [0.15, 0.2) is 0 Å². The maximum absolute atomic E-state index is 12.9. The molecule has 1 aliphatic carbocycles. The Hall–Kier alpha value is -2.18. The number of amides is 1. The second-order valence-corrected chi connectivity index (χ2v) is 8.62. The van der Waals surface area contributed by atoms with Crippen LogP contribution in [0.1, 0.15) is 48.2 Å². The molecule has 1 aliphatic heterocycles. The van der Waals surface area contributed by atoms with Crippen molar-refractivity contribution in [1.29, 1.82) is 0 Å². The van der Waals surface area contributed by atoms with Gasteiger partial charge < -0.3 is 10.0 Å². The number of hydrogen-bond donors (Lipinski definition) is 2. The fraction of sp³-hybridized carbons (Fsp3) is 0.565. The number of aliphatic hydroxyl groups is 1. The van der Waals surface area contributed by atoms with Crippen molar-refractivity contribution in [3.05, 3.63) is 52.8 Å². The van der Waals surface area contributed by atoms with Crippen LogP contribution < -0.4 is 0 Å². The number of nitrogens with zero attached hydrogens (tertiary/aromatic N) is 3. The topological polar surface area (TPSA) is 72.5 Å². The van der Waals surface area contributed by atoms with Crippen molar-refractivity contribution in [2.75, 3.05) is 27.2 Å². The van der Waals surface area contributed by atoms with Gasteiger partial charge >= 0.3 is 0 Å². The lowest BCUT2D eigenvalue weighted by Crippen LogP contribution is -2.60. The van der Waals surface area contributed by atoms with Crippen LogP contribution in [0.25, 0.3) is 0 Å². The molecule has 6 nitrogen and oxygen atoms in total. The number of aliphatic hydroxyl groups excluding tert-OH is 1. The van der Waals surface area contributed by atoms with E-state index in [9.17, 15) is 9.90 Å². The number of H-pyrrole nitrogens is 1. The zero-order chi connectivity index (χ0) is 20.4. The number of rotatable bonds is 5. The maximum Gasteiger partial charge on any atom is 0.223 e. The summed E-state index contributed by atoms with van der Waals surface area (Å²) in [4.78, 5) is 16.8. The van der Waals surface area contributed by atoms with Crippen molar-refractivity contribution in [2.45, 2.75) is 56.6 Å². The number of likely N-dealkylation sites (N-methyl/N-ethyl adjacent to an activating group) is 1. The number of aryl methyl sites for hydroxylation is 2. The van der Waals surface area contributed by atoms with Gasteiger partial charge in [-0.15, -0.1) is 0 Å². The number of aromatic nitrogens is 2. The number of likely N-dealkylation sites (tertiary alicyclic amines) is 1. The first kappa shape index (κ1) is 20.1. The molecule has 0 bridgehead atoms. The molecule has 0 saturated carbocycles. The van der Waals surface area contributed by atoms with Gasteiger partial charge in [0.05, 0.1) is 17.3 Å². The van der Waals surface area contributed by atoms with Crippen molar-refractivity contribution in [2.24, 2.45) is 0 Å². The molecule has 2 heterocycles. The van der Waals surface area contributed by atoms with E-state index in [1.807, 2.05) is 37.2 Å². The number of piperidine rings is 1. The summed E-state index contributed by atoms with van der Waals surface area (Å²) < 4.78 is 0. The minimum Gasteiger partial charge on any atom is -0.389 e. The van der Waals surface area contributed by atoms with Gasteiger partial charge in [-0.3, -0.25) is 14.8 Å². The SMILES string of the molecule is CN(C)[C@]1(c2ccccc2)CCN(C(=O)CCc2n[nH]c3c2CCCC3)C[C@H]1O. The monoisotopic (exact) mass is 396 g/mol. The molecule has 4 rings (SSSR count). The molecule has 2 atom stereocenters. The van der Waals surface area contributed by atoms with Gasteiger partial charge in [0.2, 0.25) is 5.91 Å². The standard InChI is InChI=1S/C23H32N4O2/c1-26(2)23(17-8-4-3-5-9-17)14-15-27(16-21(23)28)22(29)13-12-20-18-10-6-7-11-19(18)24-25-20/h3-5,8-9,21,28H,6-7,10-16H2,1-2H3,(H,24,25)/t21-,23+/m1/s1. The lowest BCUT2D eigenvalue weighted by atomic mass is 9.77. The molecule has 1 saturated heterocycles. The van der Waals surface area contributed by atoms with Crippen LogP contribution in [0.5, 0.6) is 0 Å². The summed E-state index contributed by atoms with van der Waals surface area (Å²) in [6.07, 6.45) is 5.77. The van der Waals surface area contributed by atoms with E-state index in [2.05, 4.69) is 27.2 Å². The maximum atomic E-state index is 12.9. The van der Waals surface area contributed by atoms with E-state index in [0.29, 0.717) is 32.4 Å². The molecule has 1 amide bonds. The predicted molar refractivity (Wildman–Crippen MR) is 113 cm³/mol. The molecule has 0 unspecified atom stereocenters. The Morgan fingerprint density at radius 1 is 1.28 bits per heavy atom. The Labute approximate surface area is 172 Å². The second kappa shape index (κ2) is 8.28. The van der Waals surface area contributed by atoms with Crippen molar-refractivity contribution in [3.63, 3.8) is 0 Å². The lowest BCUT2D eigenvalue weighted by Gasteiger charge is -2.49. The highest BCUT2D eigenvalue weighted by atomic mass is 16.3. The summed E-state index contributed by atoms with van der Waals surface area (Å²) in [6, 6.07) is 10.2. The third-order valence-corrected chi connectivity index (χ3v) is 6.85. The Balaban J connectivity index is 1.41. The quantitative estimate of drug-likeness (QED) is 0.813. The van der Waals surface area contributed by atoms with Crippen molar-refractivity contribution in [3.8, 4) is 0 Å². The third-order valence-electron chi connectivity index (χ3n) is 6.85. The van der Waals surface area contributed by atoms with Crippen molar-refractivity contribution >= 4 is 5.91 Å². The van der Waals surface area contributed by atoms with Crippen LogP contribution >= 0.6 is 0 Å². The highest BCUT2D eigenvalue weighted by molar-refractivity contribution is 5.76. The highest BCUT2D eigenvalue weighted by Gasteiger charge is 2.46. The van der Waals surface area contributed by atoms with E-state index >= 15 is 0 Å². The van der Waals surface area contributed by atoms with Crippen LogP contribution in [0.3, 0.4) is 0 Å². The molecule has 2 N–H and O–H groups in total. The lowest BCUT2D eigenvalue weighted by molar-refractivity contribution is -0.140. The average Bonchev–Trinajstić information content (AvgIpc) is 3.15. The van der Waals surface area contributed by atoms with E-state index in [-0.39, 0.29) is 5.91 Å². The summed E-state index contributed by atoms with van der Waals surface area (Å²) in [5.74, 6) is 0.108. The van der Waals surface area contributed by atoms with E-state index in [4.69, 9.17) is 0 Å². The van der Waals surface area contributed by atoms with Gasteiger partial charge in [-0.2, -0.15) is 5.10 Å². The first-order chi connectivity index (χ1) is 14.0. The molecule has 29 heavy (non-hydrogen) atoms. The molecular weight excluding hydrogens is 364 g/mol. The van der Waals surface area contributed by atoms with Gasteiger partial charge in [0.25, 0.3) is 0 Å². The molecule has 1 aromatic heterocycles. The number of benzene rings is 1. The normalized spacial score (nSPS) is 24.6. The van der Waals surface area contributed by atoms with Gasteiger partial charge in [0, 0.05) is 31.6 Å². The summed E-state index contributed by atoms with van der Waals surface area (Å²) >= 11 is 0. The van der Waals surface area contributed by atoms with Crippen LogP contribution in [-0.4, -0.2) is 64.3 Å². The van der Waals surface area contributed by atoms with Gasteiger partial charge in [-0.05, 0) is 57.3 Å². The van der Waals surface area contributed by atoms with Gasteiger partial charge in [-0.25, -0.2) is 0 Å². The van der Waals surface area contributed by atoms with E-state index in [1.165, 1.54) is 24.1 Å². The fourth-order valence-electron chi connectivity index (χ4n) is 5.13. The Bertz CT molecular complexity index is 848. The van der Waals surface area contributed by atoms with E-state index in [1.54, 1.807) is 0 Å². The highest BCUT2D eigenvalue weighted by Crippen LogP contribution is 2.37. The van der Waals surface area contributed by atoms with Crippen LogP contribution in [0.15, 0.2) is 30.3 Å². The Morgan fingerprint density at radius 2 is 2.03 bits per heavy atom. The molecule has 6 heteroatoms. The van der Waals surface area contributed by atoms with E-state index < -0.39 is 11.6 Å². The molecule has 1 aromatic carbocycles. The smallest absolute Gasteiger partial charge is 0.223 e. The summed E-state index contributed by atoms with van der Waals surface area (Å²) in [5, 5.41) is 18.7. The van der Waals surface area contributed by atoms with E-state index in [0.717, 1.165) is 24.1 Å². The van der Waals surface area contributed by atoms with Gasteiger partial charge in [-0.1, -0.05) is 30.3 Å². The Kier molecular flexibility index (Phi) is 5.74. The number of aromatic amines is 1. The fourth-order valence-corrected chi connectivity index (χ4v) is 5.13. The second-order valence-electron chi connectivity index (χ2n) is 8.62.